The van der Waals surface area contributed by atoms with Crippen molar-refractivity contribution in [1.82, 2.24) is 4.72 Å². The van der Waals surface area contributed by atoms with E-state index in [2.05, 4.69) is 4.72 Å². The Morgan fingerprint density at radius 3 is 2.19 bits per heavy atom. The predicted octanol–water partition coefficient (Wildman–Crippen LogP) is 2.62. The van der Waals surface area contributed by atoms with Crippen LogP contribution in [-0.4, -0.2) is 15.0 Å². The Bertz CT molecular complexity index is 730. The van der Waals surface area contributed by atoms with E-state index in [-0.39, 0.29) is 12.4 Å². The maximum atomic E-state index is 13.4. The molecule has 0 heterocycles. The first-order chi connectivity index (χ1) is 9.88. The van der Waals surface area contributed by atoms with Gasteiger partial charge in [-0.2, -0.15) is 0 Å². The van der Waals surface area contributed by atoms with Gasteiger partial charge in [-0.25, -0.2) is 26.3 Å². The highest BCUT2D eigenvalue weighted by atomic mass is 32.2. The summed E-state index contributed by atoms with van der Waals surface area (Å²) in [5, 5.41) is 0. The summed E-state index contributed by atoms with van der Waals surface area (Å²) in [6, 6.07) is 7.78. The van der Waals surface area contributed by atoms with Crippen LogP contribution in [0.2, 0.25) is 0 Å². The third-order valence-electron chi connectivity index (χ3n) is 2.80. The normalized spacial score (nSPS) is 11.6. The van der Waals surface area contributed by atoms with Crippen LogP contribution in [0.5, 0.6) is 0 Å². The van der Waals surface area contributed by atoms with E-state index in [1.54, 1.807) is 0 Å². The minimum absolute atomic E-state index is 0.0100. The zero-order valence-electron chi connectivity index (χ0n) is 10.8. The first-order valence-corrected chi connectivity index (χ1v) is 7.56. The Hall–Kier alpha value is -1.86. The molecule has 3 nitrogen and oxygen atoms in total. The molecule has 1 N–H and O–H groups in total. The largest absolute Gasteiger partial charge is 0.243 e. The van der Waals surface area contributed by atoms with Gasteiger partial charge < -0.3 is 0 Å². The minimum atomic E-state index is -4.13. The van der Waals surface area contributed by atoms with Gasteiger partial charge in [-0.3, -0.25) is 0 Å². The predicted molar refractivity (Wildman–Crippen MR) is 71.7 cm³/mol. The van der Waals surface area contributed by atoms with Gasteiger partial charge in [0.15, 0.2) is 0 Å². The summed E-state index contributed by atoms with van der Waals surface area (Å²) in [6.45, 7) is -0.0100. The Morgan fingerprint density at radius 1 is 0.905 bits per heavy atom. The van der Waals surface area contributed by atoms with E-state index in [0.717, 1.165) is 17.7 Å². The lowest BCUT2D eigenvalue weighted by atomic mass is 10.1. The van der Waals surface area contributed by atoms with Crippen molar-refractivity contribution in [3.8, 4) is 0 Å². The van der Waals surface area contributed by atoms with Crippen molar-refractivity contribution in [2.24, 2.45) is 0 Å². The summed E-state index contributed by atoms with van der Waals surface area (Å²) < 4.78 is 65.1. The number of benzene rings is 2. The highest BCUT2D eigenvalue weighted by molar-refractivity contribution is 7.89. The molecule has 0 saturated heterocycles. The third-order valence-corrected chi connectivity index (χ3v) is 4.28. The second-order valence-electron chi connectivity index (χ2n) is 4.35. The van der Waals surface area contributed by atoms with Crippen LogP contribution < -0.4 is 4.72 Å². The highest BCUT2D eigenvalue weighted by Gasteiger charge is 2.19. The summed E-state index contributed by atoms with van der Waals surface area (Å²) in [6.07, 6.45) is 0.302. The molecule has 0 bridgehead atoms. The molecule has 0 unspecified atom stereocenters. The lowest BCUT2D eigenvalue weighted by Gasteiger charge is -2.08. The van der Waals surface area contributed by atoms with Crippen molar-refractivity contribution in [2.45, 2.75) is 11.3 Å². The zero-order valence-corrected chi connectivity index (χ0v) is 11.6. The van der Waals surface area contributed by atoms with Crippen LogP contribution in [0.1, 0.15) is 5.56 Å². The topological polar surface area (TPSA) is 46.2 Å². The Morgan fingerprint density at radius 2 is 1.52 bits per heavy atom. The second kappa shape index (κ2) is 6.28. The lowest BCUT2D eigenvalue weighted by Crippen LogP contribution is -2.27. The number of nitrogens with one attached hydrogen (secondary N) is 1. The average molecular weight is 315 g/mol. The number of hydrogen-bond donors (Lipinski definition) is 1. The highest BCUT2D eigenvalue weighted by Crippen LogP contribution is 2.15. The number of rotatable bonds is 5. The number of halogens is 3. The molecule has 0 aliphatic heterocycles. The maximum Gasteiger partial charge on any atom is 0.243 e. The van der Waals surface area contributed by atoms with Crippen LogP contribution in [0, 0.1) is 17.5 Å². The molecular formula is C14H12F3NO2S. The average Bonchev–Trinajstić information content (AvgIpc) is 2.43. The van der Waals surface area contributed by atoms with Gasteiger partial charge in [0.1, 0.15) is 22.3 Å². The van der Waals surface area contributed by atoms with Crippen LogP contribution in [0.3, 0.4) is 0 Å². The van der Waals surface area contributed by atoms with E-state index < -0.39 is 26.6 Å². The molecule has 0 fully saturated rings. The van der Waals surface area contributed by atoms with Gasteiger partial charge >= 0.3 is 0 Å². The van der Waals surface area contributed by atoms with Gasteiger partial charge in [0, 0.05) is 6.54 Å². The summed E-state index contributed by atoms with van der Waals surface area (Å²) >= 11 is 0. The Kier molecular flexibility index (Phi) is 4.64. The molecule has 0 saturated carbocycles. The van der Waals surface area contributed by atoms with E-state index in [1.165, 1.54) is 24.3 Å². The molecule has 2 rings (SSSR count). The first-order valence-electron chi connectivity index (χ1n) is 6.08. The van der Waals surface area contributed by atoms with Crippen LogP contribution >= 0.6 is 0 Å². The monoisotopic (exact) mass is 315 g/mol. The van der Waals surface area contributed by atoms with Gasteiger partial charge in [-0.1, -0.05) is 12.1 Å². The van der Waals surface area contributed by atoms with Crippen molar-refractivity contribution in [3.05, 3.63) is 65.5 Å². The summed E-state index contributed by atoms with van der Waals surface area (Å²) in [5.74, 6) is -2.25. The van der Waals surface area contributed by atoms with Crippen molar-refractivity contribution in [3.63, 3.8) is 0 Å². The quantitative estimate of drug-likeness (QED) is 0.922. The van der Waals surface area contributed by atoms with E-state index in [1.807, 2.05) is 0 Å². The Labute approximate surface area is 120 Å². The van der Waals surface area contributed by atoms with Crippen LogP contribution in [0.4, 0.5) is 13.2 Å². The van der Waals surface area contributed by atoms with Crippen molar-refractivity contribution >= 4 is 10.0 Å². The van der Waals surface area contributed by atoms with Crippen molar-refractivity contribution in [1.29, 1.82) is 0 Å². The summed E-state index contributed by atoms with van der Waals surface area (Å²) in [7, 11) is -4.13. The molecule has 0 amide bonds. The van der Waals surface area contributed by atoms with Gasteiger partial charge in [-0.15, -0.1) is 0 Å². The molecule has 0 aliphatic carbocycles. The molecule has 2 aromatic rings. The van der Waals surface area contributed by atoms with Crippen molar-refractivity contribution in [2.75, 3.05) is 6.54 Å². The molecule has 0 radical (unpaired) electrons. The van der Waals surface area contributed by atoms with E-state index in [0.29, 0.717) is 12.5 Å². The minimum Gasteiger partial charge on any atom is -0.211 e. The first kappa shape index (κ1) is 15.5. The van der Waals surface area contributed by atoms with Crippen LogP contribution in [0.25, 0.3) is 0 Å². The SMILES string of the molecule is O=S(=O)(NCCc1ccc(F)cc1)c1cc(F)ccc1F. The molecule has 0 aromatic heterocycles. The zero-order chi connectivity index (χ0) is 15.5. The number of hydrogen-bond acceptors (Lipinski definition) is 2. The molecular weight excluding hydrogens is 303 g/mol. The van der Waals surface area contributed by atoms with Gasteiger partial charge in [0.25, 0.3) is 0 Å². The Balaban J connectivity index is 2.04. The van der Waals surface area contributed by atoms with Crippen LogP contribution in [0.15, 0.2) is 47.4 Å². The summed E-state index contributed by atoms with van der Waals surface area (Å²) in [4.78, 5) is -0.735. The van der Waals surface area contributed by atoms with E-state index >= 15 is 0 Å². The molecule has 21 heavy (non-hydrogen) atoms. The van der Waals surface area contributed by atoms with Crippen molar-refractivity contribution < 1.29 is 21.6 Å². The molecule has 0 atom stereocenters. The van der Waals surface area contributed by atoms with Crippen LogP contribution in [-0.2, 0) is 16.4 Å². The fourth-order valence-corrected chi connectivity index (χ4v) is 2.86. The molecule has 7 heteroatoms. The van der Waals surface area contributed by atoms with E-state index in [4.69, 9.17) is 0 Å². The second-order valence-corrected chi connectivity index (χ2v) is 6.08. The lowest BCUT2D eigenvalue weighted by molar-refractivity contribution is 0.546. The smallest absolute Gasteiger partial charge is 0.211 e. The van der Waals surface area contributed by atoms with E-state index in [9.17, 15) is 21.6 Å². The summed E-state index contributed by atoms with van der Waals surface area (Å²) in [5.41, 5.74) is 0.721. The van der Waals surface area contributed by atoms with Gasteiger partial charge in [-0.05, 0) is 42.3 Å². The fraction of sp³-hybridized carbons (Fsp3) is 0.143. The molecule has 0 aliphatic rings. The van der Waals surface area contributed by atoms with Gasteiger partial charge in [0.2, 0.25) is 10.0 Å². The third kappa shape index (κ3) is 4.05. The molecule has 2 aromatic carbocycles. The molecule has 112 valence electrons. The molecule has 0 spiro atoms. The fourth-order valence-electron chi connectivity index (χ4n) is 1.74. The van der Waals surface area contributed by atoms with Gasteiger partial charge in [0.05, 0.1) is 0 Å². The number of sulfonamides is 1. The maximum absolute atomic E-state index is 13.4. The standard InChI is InChI=1S/C14H12F3NO2S/c15-11-3-1-10(2-4-11)7-8-18-21(19,20)14-9-12(16)5-6-13(14)17/h1-6,9,18H,7-8H2.